The van der Waals surface area contributed by atoms with Crippen LogP contribution in [0.15, 0.2) is 24.8 Å². The van der Waals surface area contributed by atoms with Crippen LogP contribution in [0.3, 0.4) is 0 Å². The maximum Gasteiger partial charge on any atom is 0.263 e. The summed E-state index contributed by atoms with van der Waals surface area (Å²) in [5, 5.41) is 4.06. The monoisotopic (exact) mass is 282 g/mol. The van der Waals surface area contributed by atoms with Crippen LogP contribution >= 0.6 is 22.9 Å². The fourth-order valence-corrected chi connectivity index (χ4v) is 3.04. The van der Waals surface area contributed by atoms with Gasteiger partial charge >= 0.3 is 0 Å². The number of rotatable bonds is 3. The van der Waals surface area contributed by atoms with Gasteiger partial charge in [-0.1, -0.05) is 11.6 Å². The van der Waals surface area contributed by atoms with Gasteiger partial charge in [0.05, 0.1) is 9.21 Å². The highest BCUT2D eigenvalue weighted by molar-refractivity contribution is 7.17. The zero-order valence-electron chi connectivity index (χ0n) is 9.49. The van der Waals surface area contributed by atoms with Gasteiger partial charge in [-0.25, -0.2) is 4.98 Å². The van der Waals surface area contributed by atoms with Crippen LogP contribution in [0.5, 0.6) is 0 Å². The molecule has 0 bridgehead atoms. The molecule has 0 saturated carbocycles. The lowest BCUT2D eigenvalue weighted by atomic mass is 10.00. The van der Waals surface area contributed by atoms with Crippen molar-refractivity contribution in [2.75, 3.05) is 13.1 Å². The molecule has 7 heteroatoms. The highest BCUT2D eigenvalue weighted by Crippen LogP contribution is 2.26. The SMILES string of the molecule is O=C(c1ccc(Cl)s1)N1CC(Cn2cncn2)C1. The van der Waals surface area contributed by atoms with Crippen LogP contribution in [0.4, 0.5) is 0 Å². The number of hydrogen-bond donors (Lipinski definition) is 0. The molecule has 1 saturated heterocycles. The highest BCUT2D eigenvalue weighted by atomic mass is 35.5. The molecule has 1 aliphatic rings. The Hall–Kier alpha value is -1.40. The van der Waals surface area contributed by atoms with Crippen LogP contribution in [0.25, 0.3) is 0 Å². The van der Waals surface area contributed by atoms with Crippen molar-refractivity contribution in [1.82, 2.24) is 19.7 Å². The Morgan fingerprint density at radius 1 is 1.50 bits per heavy atom. The average Bonchev–Trinajstić information content (AvgIpc) is 2.93. The van der Waals surface area contributed by atoms with Gasteiger partial charge in [-0.15, -0.1) is 11.3 Å². The maximum absolute atomic E-state index is 12.0. The molecule has 18 heavy (non-hydrogen) atoms. The topological polar surface area (TPSA) is 51.0 Å². The van der Waals surface area contributed by atoms with Crippen molar-refractivity contribution in [3.63, 3.8) is 0 Å². The van der Waals surface area contributed by atoms with Crippen molar-refractivity contribution in [3.8, 4) is 0 Å². The Morgan fingerprint density at radius 2 is 2.33 bits per heavy atom. The highest BCUT2D eigenvalue weighted by Gasteiger charge is 2.32. The van der Waals surface area contributed by atoms with E-state index in [0.717, 1.165) is 19.6 Å². The molecule has 5 nitrogen and oxygen atoms in total. The molecule has 0 spiro atoms. The van der Waals surface area contributed by atoms with Crippen LogP contribution in [0.2, 0.25) is 4.34 Å². The molecule has 1 amide bonds. The third kappa shape index (κ3) is 2.26. The molecule has 1 aliphatic heterocycles. The summed E-state index contributed by atoms with van der Waals surface area (Å²) in [6, 6.07) is 3.53. The van der Waals surface area contributed by atoms with Gasteiger partial charge in [0.25, 0.3) is 5.91 Å². The summed E-state index contributed by atoms with van der Waals surface area (Å²) >= 11 is 7.15. The molecule has 0 radical (unpaired) electrons. The minimum atomic E-state index is 0.0711. The standard InChI is InChI=1S/C11H11ClN4OS/c12-10-2-1-9(18-10)11(17)15-3-8(4-15)5-16-7-13-6-14-16/h1-2,6-8H,3-5H2. The molecule has 3 rings (SSSR count). The Kier molecular flexibility index (Phi) is 3.05. The Labute approximate surface area is 113 Å². The van der Waals surface area contributed by atoms with Crippen molar-refractivity contribution >= 4 is 28.8 Å². The molecule has 0 aromatic carbocycles. The second-order valence-electron chi connectivity index (χ2n) is 4.30. The minimum absolute atomic E-state index is 0.0711. The second-order valence-corrected chi connectivity index (χ2v) is 6.01. The van der Waals surface area contributed by atoms with Crippen molar-refractivity contribution in [2.45, 2.75) is 6.54 Å². The first kappa shape index (κ1) is 11.7. The third-order valence-corrected chi connectivity index (χ3v) is 4.16. The van der Waals surface area contributed by atoms with Gasteiger partial charge in [-0.3, -0.25) is 9.48 Å². The molecule has 94 valence electrons. The first-order valence-electron chi connectivity index (χ1n) is 5.59. The van der Waals surface area contributed by atoms with E-state index in [4.69, 9.17) is 11.6 Å². The van der Waals surface area contributed by atoms with E-state index in [0.29, 0.717) is 15.1 Å². The summed E-state index contributed by atoms with van der Waals surface area (Å²) in [6.45, 7) is 2.36. The molecule has 0 atom stereocenters. The number of aromatic nitrogens is 3. The first-order valence-corrected chi connectivity index (χ1v) is 6.79. The maximum atomic E-state index is 12.0. The molecule has 0 aliphatic carbocycles. The Morgan fingerprint density at radius 3 is 2.94 bits per heavy atom. The van der Waals surface area contributed by atoms with Crippen molar-refractivity contribution < 1.29 is 4.79 Å². The van der Waals surface area contributed by atoms with Gasteiger partial charge in [-0.05, 0) is 12.1 Å². The van der Waals surface area contributed by atoms with Gasteiger partial charge < -0.3 is 4.90 Å². The largest absolute Gasteiger partial charge is 0.337 e. The fourth-order valence-electron chi connectivity index (χ4n) is 2.03. The molecular weight excluding hydrogens is 272 g/mol. The Bertz CT molecular complexity index is 547. The molecule has 0 N–H and O–H groups in total. The number of likely N-dealkylation sites (tertiary alicyclic amines) is 1. The van der Waals surface area contributed by atoms with E-state index in [9.17, 15) is 4.79 Å². The van der Waals surface area contributed by atoms with Crippen LogP contribution < -0.4 is 0 Å². The predicted molar refractivity (Wildman–Crippen MR) is 68.7 cm³/mol. The third-order valence-electron chi connectivity index (χ3n) is 2.94. The van der Waals surface area contributed by atoms with Crippen molar-refractivity contribution in [2.24, 2.45) is 5.92 Å². The molecular formula is C11H11ClN4OS. The number of amides is 1. The van der Waals surface area contributed by atoms with E-state index in [1.807, 2.05) is 4.90 Å². The zero-order valence-corrected chi connectivity index (χ0v) is 11.1. The van der Waals surface area contributed by atoms with Crippen molar-refractivity contribution in [1.29, 1.82) is 0 Å². The number of hydrogen-bond acceptors (Lipinski definition) is 4. The quantitative estimate of drug-likeness (QED) is 0.862. The van der Waals surface area contributed by atoms with E-state index in [1.54, 1.807) is 23.1 Å². The van der Waals surface area contributed by atoms with E-state index >= 15 is 0 Å². The van der Waals surface area contributed by atoms with Gasteiger partial charge in [-0.2, -0.15) is 5.10 Å². The van der Waals surface area contributed by atoms with Gasteiger partial charge in [0.15, 0.2) is 0 Å². The van der Waals surface area contributed by atoms with Crippen LogP contribution in [0.1, 0.15) is 9.67 Å². The first-order chi connectivity index (χ1) is 8.72. The summed E-state index contributed by atoms with van der Waals surface area (Å²) in [6.07, 6.45) is 3.22. The molecule has 2 aromatic heterocycles. The van der Waals surface area contributed by atoms with Crippen LogP contribution in [-0.2, 0) is 6.54 Å². The van der Waals surface area contributed by atoms with Crippen molar-refractivity contribution in [3.05, 3.63) is 34.0 Å². The zero-order chi connectivity index (χ0) is 12.5. The van der Waals surface area contributed by atoms with Gasteiger partial charge in [0, 0.05) is 25.6 Å². The van der Waals surface area contributed by atoms with E-state index in [-0.39, 0.29) is 5.91 Å². The number of carbonyl (C=O) groups excluding carboxylic acids is 1. The summed E-state index contributed by atoms with van der Waals surface area (Å²) in [4.78, 5) is 18.5. The van der Waals surface area contributed by atoms with Gasteiger partial charge in [0.2, 0.25) is 0 Å². The van der Waals surface area contributed by atoms with E-state index < -0.39 is 0 Å². The summed E-state index contributed by atoms with van der Waals surface area (Å²) in [5.41, 5.74) is 0. The Balaban J connectivity index is 1.54. The van der Waals surface area contributed by atoms with E-state index in [1.165, 1.54) is 17.7 Å². The average molecular weight is 283 g/mol. The lowest BCUT2D eigenvalue weighted by Crippen LogP contribution is -2.51. The van der Waals surface area contributed by atoms with Crippen LogP contribution in [0, 0.1) is 5.92 Å². The summed E-state index contributed by atoms with van der Waals surface area (Å²) in [7, 11) is 0. The van der Waals surface area contributed by atoms with Crippen LogP contribution in [-0.4, -0.2) is 38.7 Å². The number of halogens is 1. The van der Waals surface area contributed by atoms with Gasteiger partial charge in [0.1, 0.15) is 12.7 Å². The lowest BCUT2D eigenvalue weighted by molar-refractivity contribution is 0.0466. The molecule has 0 unspecified atom stereocenters. The summed E-state index contributed by atoms with van der Waals surface area (Å²) in [5.74, 6) is 0.535. The predicted octanol–water partition coefficient (Wildman–Crippen LogP) is 1.77. The summed E-state index contributed by atoms with van der Waals surface area (Å²) < 4.78 is 2.45. The molecule has 3 heterocycles. The van der Waals surface area contributed by atoms with E-state index in [2.05, 4.69) is 10.1 Å². The second kappa shape index (κ2) is 4.70. The number of thiophene rings is 1. The smallest absolute Gasteiger partial charge is 0.263 e. The fraction of sp³-hybridized carbons (Fsp3) is 0.364. The molecule has 1 fully saturated rings. The molecule has 2 aromatic rings. The normalized spacial score (nSPS) is 15.7. The number of carbonyl (C=O) groups is 1. The minimum Gasteiger partial charge on any atom is -0.337 e. The lowest BCUT2D eigenvalue weighted by Gasteiger charge is -2.38. The number of nitrogens with zero attached hydrogens (tertiary/aromatic N) is 4.